The zero-order valence-electron chi connectivity index (χ0n) is 17.6. The maximum atomic E-state index is 12.0. The first-order chi connectivity index (χ1) is 14.4. The Labute approximate surface area is 176 Å². The second kappa shape index (κ2) is 9.37. The van der Waals surface area contributed by atoms with Crippen LogP contribution in [-0.2, 0) is 16.0 Å². The molecule has 0 saturated heterocycles. The molecule has 0 N–H and O–H groups in total. The van der Waals surface area contributed by atoms with Gasteiger partial charge in [0.15, 0.2) is 0 Å². The molecule has 3 rings (SSSR count). The van der Waals surface area contributed by atoms with Gasteiger partial charge in [-0.1, -0.05) is 42.5 Å². The molecule has 5 nitrogen and oxygen atoms in total. The van der Waals surface area contributed by atoms with E-state index in [1.54, 1.807) is 12.1 Å². The molecule has 3 aromatic carbocycles. The average Bonchev–Trinajstić information content (AvgIpc) is 2.77. The topological polar surface area (TPSA) is 55.8 Å². The predicted octanol–water partition coefficient (Wildman–Crippen LogP) is 4.66. The zero-order chi connectivity index (χ0) is 21.7. The van der Waals surface area contributed by atoms with Gasteiger partial charge in [0.2, 0.25) is 0 Å². The van der Waals surface area contributed by atoms with Gasteiger partial charge in [0, 0.05) is 6.54 Å². The highest BCUT2D eigenvalue weighted by atomic mass is 16.5. The third kappa shape index (κ3) is 4.58. The van der Waals surface area contributed by atoms with Crippen LogP contribution in [0.1, 0.15) is 26.3 Å². The lowest BCUT2D eigenvalue weighted by molar-refractivity contribution is 0.0592. The van der Waals surface area contributed by atoms with Crippen molar-refractivity contribution in [3.63, 3.8) is 0 Å². The number of hydrogen-bond acceptors (Lipinski definition) is 5. The van der Waals surface area contributed by atoms with E-state index in [0.29, 0.717) is 17.7 Å². The zero-order valence-corrected chi connectivity index (χ0v) is 17.6. The molecule has 0 bridgehead atoms. The number of methoxy groups -OCH3 is 2. The summed E-state index contributed by atoms with van der Waals surface area (Å²) in [6.45, 7) is 0.691. The van der Waals surface area contributed by atoms with Gasteiger partial charge in [-0.25, -0.2) is 9.59 Å². The van der Waals surface area contributed by atoms with E-state index in [0.717, 1.165) is 27.8 Å². The van der Waals surface area contributed by atoms with E-state index in [1.807, 2.05) is 68.7 Å². The standard InChI is InChI=1S/C25H25NO4/c1-26(2)16-23-21(17-8-5-10-19(14-17)24(27)29-3)12-7-13-22(23)18-9-6-11-20(15-18)25(28)30-4/h5-15H,16H2,1-4H3. The highest BCUT2D eigenvalue weighted by Gasteiger charge is 2.16. The number of benzene rings is 3. The molecule has 0 saturated carbocycles. The fourth-order valence-electron chi connectivity index (χ4n) is 3.48. The summed E-state index contributed by atoms with van der Waals surface area (Å²) in [6.07, 6.45) is 0. The number of hydrogen-bond donors (Lipinski definition) is 0. The van der Waals surface area contributed by atoms with Gasteiger partial charge in [-0.05, 0) is 66.2 Å². The lowest BCUT2D eigenvalue weighted by Crippen LogP contribution is -2.13. The Morgan fingerprint density at radius 3 is 1.57 bits per heavy atom. The predicted molar refractivity (Wildman–Crippen MR) is 117 cm³/mol. The van der Waals surface area contributed by atoms with Gasteiger partial charge in [-0.15, -0.1) is 0 Å². The fourth-order valence-corrected chi connectivity index (χ4v) is 3.48. The third-order valence-corrected chi connectivity index (χ3v) is 4.84. The molecule has 0 aromatic heterocycles. The van der Waals surface area contributed by atoms with Crippen molar-refractivity contribution in [2.75, 3.05) is 28.3 Å². The third-order valence-electron chi connectivity index (χ3n) is 4.84. The highest BCUT2D eigenvalue weighted by molar-refractivity contribution is 5.93. The largest absolute Gasteiger partial charge is 0.465 e. The second-order valence-electron chi connectivity index (χ2n) is 7.21. The first-order valence-corrected chi connectivity index (χ1v) is 9.58. The Kier molecular flexibility index (Phi) is 6.65. The molecular formula is C25H25NO4. The molecule has 0 aliphatic carbocycles. The van der Waals surface area contributed by atoms with E-state index in [4.69, 9.17) is 9.47 Å². The molecule has 0 fully saturated rings. The maximum absolute atomic E-state index is 12.0. The van der Waals surface area contributed by atoms with Gasteiger partial charge in [0.25, 0.3) is 0 Å². The molecule has 0 spiro atoms. The monoisotopic (exact) mass is 403 g/mol. The minimum Gasteiger partial charge on any atom is -0.465 e. The smallest absolute Gasteiger partial charge is 0.337 e. The summed E-state index contributed by atoms with van der Waals surface area (Å²) in [5, 5.41) is 0. The molecular weight excluding hydrogens is 378 g/mol. The van der Waals surface area contributed by atoms with Crippen molar-refractivity contribution in [3.8, 4) is 22.3 Å². The quantitative estimate of drug-likeness (QED) is 0.561. The van der Waals surface area contributed by atoms with E-state index in [2.05, 4.69) is 4.90 Å². The van der Waals surface area contributed by atoms with Crippen molar-refractivity contribution in [1.82, 2.24) is 4.90 Å². The van der Waals surface area contributed by atoms with Crippen LogP contribution in [0.5, 0.6) is 0 Å². The summed E-state index contributed by atoms with van der Waals surface area (Å²) >= 11 is 0. The maximum Gasteiger partial charge on any atom is 0.337 e. The van der Waals surface area contributed by atoms with E-state index in [-0.39, 0.29) is 11.9 Å². The summed E-state index contributed by atoms with van der Waals surface area (Å²) in [4.78, 5) is 26.1. The minimum absolute atomic E-state index is 0.368. The van der Waals surface area contributed by atoms with Crippen LogP contribution in [0.4, 0.5) is 0 Å². The molecule has 0 aliphatic rings. The summed E-state index contributed by atoms with van der Waals surface area (Å²) in [7, 11) is 6.77. The van der Waals surface area contributed by atoms with Gasteiger partial charge >= 0.3 is 11.9 Å². The summed E-state index contributed by atoms with van der Waals surface area (Å²) in [5.74, 6) is -0.735. The van der Waals surface area contributed by atoms with Crippen molar-refractivity contribution in [2.45, 2.75) is 6.54 Å². The van der Waals surface area contributed by atoms with Crippen molar-refractivity contribution < 1.29 is 19.1 Å². The summed E-state index contributed by atoms with van der Waals surface area (Å²) < 4.78 is 9.74. The Morgan fingerprint density at radius 2 is 1.17 bits per heavy atom. The number of nitrogens with zero attached hydrogens (tertiary/aromatic N) is 1. The molecule has 3 aromatic rings. The molecule has 0 heterocycles. The van der Waals surface area contributed by atoms with E-state index < -0.39 is 0 Å². The normalized spacial score (nSPS) is 10.7. The van der Waals surface area contributed by atoms with Crippen molar-refractivity contribution in [3.05, 3.63) is 83.4 Å². The highest BCUT2D eigenvalue weighted by Crippen LogP contribution is 2.34. The molecule has 5 heteroatoms. The van der Waals surface area contributed by atoms with Crippen LogP contribution in [-0.4, -0.2) is 45.2 Å². The van der Waals surface area contributed by atoms with Crippen LogP contribution in [0.2, 0.25) is 0 Å². The van der Waals surface area contributed by atoms with Crippen LogP contribution in [0, 0.1) is 0 Å². The Hall–Kier alpha value is -3.44. The van der Waals surface area contributed by atoms with E-state index in [1.165, 1.54) is 14.2 Å². The molecule has 0 atom stereocenters. The number of carbonyl (C=O) groups is 2. The fraction of sp³-hybridized carbons (Fsp3) is 0.200. The number of esters is 2. The first-order valence-electron chi connectivity index (χ1n) is 9.58. The summed E-state index contributed by atoms with van der Waals surface area (Å²) in [5.41, 5.74) is 6.02. The van der Waals surface area contributed by atoms with Crippen molar-refractivity contribution >= 4 is 11.9 Å². The van der Waals surface area contributed by atoms with Crippen molar-refractivity contribution in [2.24, 2.45) is 0 Å². The average molecular weight is 403 g/mol. The molecule has 0 radical (unpaired) electrons. The Balaban J connectivity index is 2.18. The SMILES string of the molecule is COC(=O)c1cccc(-c2cccc(-c3cccc(C(=O)OC)c3)c2CN(C)C)c1. The second-order valence-corrected chi connectivity index (χ2v) is 7.21. The molecule has 0 amide bonds. The Morgan fingerprint density at radius 1 is 0.733 bits per heavy atom. The number of ether oxygens (including phenoxy) is 2. The van der Waals surface area contributed by atoms with Crippen LogP contribution >= 0.6 is 0 Å². The van der Waals surface area contributed by atoms with Gasteiger partial charge in [-0.2, -0.15) is 0 Å². The lowest BCUT2D eigenvalue weighted by Gasteiger charge is -2.19. The van der Waals surface area contributed by atoms with Gasteiger partial charge < -0.3 is 14.4 Å². The van der Waals surface area contributed by atoms with Gasteiger partial charge in [-0.3, -0.25) is 0 Å². The molecule has 0 unspecified atom stereocenters. The molecule has 0 aliphatic heterocycles. The Bertz CT molecular complexity index is 994. The van der Waals surface area contributed by atoms with E-state index in [9.17, 15) is 9.59 Å². The van der Waals surface area contributed by atoms with Crippen LogP contribution in [0.3, 0.4) is 0 Å². The number of rotatable bonds is 6. The summed E-state index contributed by atoms with van der Waals surface area (Å²) in [6, 6.07) is 20.9. The van der Waals surface area contributed by atoms with Crippen LogP contribution in [0.15, 0.2) is 66.7 Å². The van der Waals surface area contributed by atoms with Crippen LogP contribution < -0.4 is 0 Å². The van der Waals surface area contributed by atoms with Gasteiger partial charge in [0.1, 0.15) is 0 Å². The van der Waals surface area contributed by atoms with Crippen LogP contribution in [0.25, 0.3) is 22.3 Å². The number of carbonyl (C=O) groups excluding carboxylic acids is 2. The van der Waals surface area contributed by atoms with Crippen molar-refractivity contribution in [1.29, 1.82) is 0 Å². The molecule has 30 heavy (non-hydrogen) atoms. The van der Waals surface area contributed by atoms with E-state index >= 15 is 0 Å². The molecule has 154 valence electrons. The van der Waals surface area contributed by atoms with Gasteiger partial charge in [0.05, 0.1) is 25.3 Å². The minimum atomic E-state index is -0.368. The first kappa shape index (κ1) is 21.3. The lowest BCUT2D eigenvalue weighted by atomic mass is 9.90.